The van der Waals surface area contributed by atoms with E-state index >= 15 is 0 Å². The molecule has 1 aromatic rings. The van der Waals surface area contributed by atoms with Crippen LogP contribution in [0.5, 0.6) is 0 Å². The van der Waals surface area contributed by atoms with Crippen molar-refractivity contribution in [2.24, 2.45) is 0 Å². The van der Waals surface area contributed by atoms with E-state index in [1.807, 2.05) is 13.8 Å². The number of alkyl halides is 3. The van der Waals surface area contributed by atoms with Crippen LogP contribution in [0.15, 0.2) is 6.07 Å². The number of nitrogens with one attached hydrogen (secondary N) is 2. The van der Waals surface area contributed by atoms with Crippen molar-refractivity contribution in [2.75, 3.05) is 7.05 Å². The third-order valence-corrected chi connectivity index (χ3v) is 2.23. The van der Waals surface area contributed by atoms with Gasteiger partial charge in [-0.3, -0.25) is 5.10 Å². The fourth-order valence-electron chi connectivity index (χ4n) is 1.16. The number of hydrogen-bond donors (Lipinski definition) is 2. The topological polar surface area (TPSA) is 40.7 Å². The average Bonchev–Trinajstić information content (AvgIpc) is 2.51. The lowest BCUT2D eigenvalue weighted by molar-refractivity contribution is -0.141. The second-order valence-electron chi connectivity index (χ2n) is 4.09. The zero-order chi connectivity index (χ0) is 11.7. The fourth-order valence-corrected chi connectivity index (χ4v) is 1.16. The highest BCUT2D eigenvalue weighted by Gasteiger charge is 2.34. The van der Waals surface area contributed by atoms with E-state index in [0.29, 0.717) is 12.1 Å². The highest BCUT2D eigenvalue weighted by Crippen LogP contribution is 2.28. The van der Waals surface area contributed by atoms with E-state index in [2.05, 4.69) is 15.5 Å². The lowest BCUT2D eigenvalue weighted by Gasteiger charge is -2.22. The van der Waals surface area contributed by atoms with Crippen molar-refractivity contribution in [3.8, 4) is 0 Å². The molecule has 86 valence electrons. The Morgan fingerprint density at radius 2 is 2.00 bits per heavy atom. The van der Waals surface area contributed by atoms with Gasteiger partial charge in [0, 0.05) is 17.7 Å². The van der Waals surface area contributed by atoms with Gasteiger partial charge < -0.3 is 5.32 Å². The van der Waals surface area contributed by atoms with Crippen molar-refractivity contribution < 1.29 is 13.2 Å². The van der Waals surface area contributed by atoms with E-state index in [1.165, 1.54) is 0 Å². The van der Waals surface area contributed by atoms with Crippen LogP contribution in [-0.4, -0.2) is 22.8 Å². The maximum atomic E-state index is 12.2. The third kappa shape index (κ3) is 3.23. The van der Waals surface area contributed by atoms with Crippen LogP contribution in [0, 0.1) is 0 Å². The Balaban J connectivity index is 2.78. The predicted molar refractivity (Wildman–Crippen MR) is 50.4 cm³/mol. The van der Waals surface area contributed by atoms with Gasteiger partial charge in [0.15, 0.2) is 5.69 Å². The summed E-state index contributed by atoms with van der Waals surface area (Å²) in [5, 5.41) is 8.63. The molecule has 0 radical (unpaired) electrons. The summed E-state index contributed by atoms with van der Waals surface area (Å²) in [6.45, 7) is 3.81. The van der Waals surface area contributed by atoms with Crippen molar-refractivity contribution in [1.82, 2.24) is 15.5 Å². The molecule has 0 fully saturated rings. The van der Waals surface area contributed by atoms with Gasteiger partial charge in [0.05, 0.1) is 0 Å². The molecule has 0 aliphatic rings. The maximum Gasteiger partial charge on any atom is 0.435 e. The van der Waals surface area contributed by atoms with Crippen LogP contribution in [0.4, 0.5) is 13.2 Å². The first-order valence-corrected chi connectivity index (χ1v) is 4.55. The van der Waals surface area contributed by atoms with E-state index in [-0.39, 0.29) is 5.54 Å². The Hall–Kier alpha value is -1.04. The number of rotatable bonds is 3. The molecule has 0 spiro atoms. The highest BCUT2D eigenvalue weighted by atomic mass is 19.4. The Labute approximate surface area is 86.1 Å². The largest absolute Gasteiger partial charge is 0.435 e. The minimum absolute atomic E-state index is 0.255. The predicted octanol–water partition coefficient (Wildman–Crippen LogP) is 1.97. The summed E-state index contributed by atoms with van der Waals surface area (Å²) in [4.78, 5) is 0. The highest BCUT2D eigenvalue weighted by molar-refractivity contribution is 5.13. The van der Waals surface area contributed by atoms with Crippen LogP contribution < -0.4 is 5.32 Å². The van der Waals surface area contributed by atoms with E-state index in [0.717, 1.165) is 6.07 Å². The third-order valence-electron chi connectivity index (χ3n) is 2.23. The maximum absolute atomic E-state index is 12.2. The molecule has 15 heavy (non-hydrogen) atoms. The molecule has 0 atom stereocenters. The van der Waals surface area contributed by atoms with E-state index in [9.17, 15) is 13.2 Å². The number of nitrogens with zero attached hydrogens (tertiary/aromatic N) is 1. The molecule has 0 amide bonds. The lowest BCUT2D eigenvalue weighted by Crippen LogP contribution is -2.38. The van der Waals surface area contributed by atoms with Crippen molar-refractivity contribution in [3.05, 3.63) is 17.5 Å². The number of hydrogen-bond acceptors (Lipinski definition) is 2. The number of aromatic nitrogens is 2. The zero-order valence-electron chi connectivity index (χ0n) is 8.87. The molecular weight excluding hydrogens is 207 g/mol. The van der Waals surface area contributed by atoms with Crippen LogP contribution >= 0.6 is 0 Å². The van der Waals surface area contributed by atoms with Gasteiger partial charge in [0.1, 0.15) is 0 Å². The second kappa shape index (κ2) is 3.84. The molecule has 0 aromatic carbocycles. The van der Waals surface area contributed by atoms with Gasteiger partial charge in [-0.1, -0.05) is 0 Å². The summed E-state index contributed by atoms with van der Waals surface area (Å²) in [5.74, 6) is 0. The molecule has 1 aromatic heterocycles. The van der Waals surface area contributed by atoms with Gasteiger partial charge >= 0.3 is 6.18 Å². The smallest absolute Gasteiger partial charge is 0.314 e. The van der Waals surface area contributed by atoms with Crippen molar-refractivity contribution >= 4 is 0 Å². The summed E-state index contributed by atoms with van der Waals surface area (Å²) in [7, 11) is 1.76. The molecule has 0 aliphatic carbocycles. The van der Waals surface area contributed by atoms with Gasteiger partial charge in [0.25, 0.3) is 0 Å². The first-order valence-electron chi connectivity index (χ1n) is 4.55. The van der Waals surface area contributed by atoms with Crippen LogP contribution in [0.25, 0.3) is 0 Å². The molecule has 0 saturated heterocycles. The molecule has 1 rings (SSSR count). The minimum Gasteiger partial charge on any atom is -0.314 e. The van der Waals surface area contributed by atoms with Gasteiger partial charge in [0.2, 0.25) is 0 Å². The van der Waals surface area contributed by atoms with Crippen LogP contribution in [0.2, 0.25) is 0 Å². The molecule has 2 N–H and O–H groups in total. The molecule has 3 nitrogen and oxygen atoms in total. The normalized spacial score (nSPS) is 13.2. The molecule has 6 heteroatoms. The molecule has 0 aliphatic heterocycles. The van der Waals surface area contributed by atoms with E-state index in [4.69, 9.17) is 0 Å². The van der Waals surface area contributed by atoms with Gasteiger partial charge in [-0.05, 0) is 27.0 Å². The summed E-state index contributed by atoms with van der Waals surface area (Å²) in [6.07, 6.45) is -3.91. The quantitative estimate of drug-likeness (QED) is 0.819. The summed E-state index contributed by atoms with van der Waals surface area (Å²) < 4.78 is 36.7. The molecule has 0 bridgehead atoms. The van der Waals surface area contributed by atoms with Gasteiger partial charge in [-0.2, -0.15) is 18.3 Å². The zero-order valence-corrected chi connectivity index (χ0v) is 8.87. The number of aromatic amines is 1. The van der Waals surface area contributed by atoms with Crippen molar-refractivity contribution in [3.63, 3.8) is 0 Å². The average molecular weight is 221 g/mol. The Bertz CT molecular complexity index is 328. The Kier molecular flexibility index (Phi) is 3.08. The number of likely N-dealkylation sites (N-methyl/N-ethyl adjacent to an activating group) is 1. The number of halogens is 3. The fraction of sp³-hybridized carbons (Fsp3) is 0.667. The first kappa shape index (κ1) is 12.0. The summed E-state index contributed by atoms with van der Waals surface area (Å²) in [5.41, 5.74) is -0.652. The van der Waals surface area contributed by atoms with E-state index in [1.54, 1.807) is 7.05 Å². The van der Waals surface area contributed by atoms with Crippen LogP contribution in [-0.2, 0) is 12.6 Å². The van der Waals surface area contributed by atoms with Crippen molar-refractivity contribution in [1.29, 1.82) is 0 Å². The monoisotopic (exact) mass is 221 g/mol. The minimum atomic E-state index is -4.38. The SMILES string of the molecule is CNC(C)(C)Cc1cc(C(F)(F)F)n[nH]1. The standard InChI is InChI=1S/C9H14F3N3/c1-8(2,13-3)5-6-4-7(15-14-6)9(10,11)12/h4,13H,5H2,1-3H3,(H,14,15). The number of H-pyrrole nitrogens is 1. The lowest BCUT2D eigenvalue weighted by atomic mass is 9.99. The molecule has 0 saturated carbocycles. The van der Waals surface area contributed by atoms with E-state index < -0.39 is 11.9 Å². The Morgan fingerprint density at radius 1 is 1.40 bits per heavy atom. The van der Waals surface area contributed by atoms with Gasteiger partial charge in [-0.25, -0.2) is 0 Å². The summed E-state index contributed by atoms with van der Waals surface area (Å²) in [6, 6.07) is 1.04. The Morgan fingerprint density at radius 3 is 2.40 bits per heavy atom. The first-order chi connectivity index (χ1) is 6.74. The summed E-state index contributed by atoms with van der Waals surface area (Å²) >= 11 is 0. The van der Waals surface area contributed by atoms with Crippen LogP contribution in [0.3, 0.4) is 0 Å². The van der Waals surface area contributed by atoms with Crippen LogP contribution in [0.1, 0.15) is 25.2 Å². The molecule has 1 heterocycles. The molecule has 0 unspecified atom stereocenters. The molecular formula is C9H14F3N3. The van der Waals surface area contributed by atoms with Gasteiger partial charge in [-0.15, -0.1) is 0 Å². The van der Waals surface area contributed by atoms with Crippen molar-refractivity contribution in [2.45, 2.75) is 32.0 Å². The second-order valence-corrected chi connectivity index (χ2v) is 4.09.